The summed E-state index contributed by atoms with van der Waals surface area (Å²) in [6.07, 6.45) is 4.98. The van der Waals surface area contributed by atoms with Crippen LogP contribution in [0.4, 0.5) is 0 Å². The number of halogens is 2. The Bertz CT molecular complexity index is 503. The minimum atomic E-state index is -3.89. The van der Waals surface area contributed by atoms with Crippen molar-refractivity contribution < 1.29 is 13.2 Å². The van der Waals surface area contributed by atoms with Gasteiger partial charge >= 0.3 is 0 Å². The van der Waals surface area contributed by atoms with Crippen molar-refractivity contribution in [2.75, 3.05) is 6.61 Å². The van der Waals surface area contributed by atoms with E-state index in [4.69, 9.17) is 33.4 Å². The van der Waals surface area contributed by atoms with Crippen LogP contribution in [0.3, 0.4) is 0 Å². The van der Waals surface area contributed by atoms with Crippen molar-refractivity contribution in [2.45, 2.75) is 4.90 Å². The fourth-order valence-corrected chi connectivity index (χ4v) is 2.14. The largest absolute Gasteiger partial charge is 0.480 e. The standard InChI is InChI=1S/C9H6Cl2O3S/c1-2-5-14-8-4-3-7(10)6-9(8)15(11,12)13/h1,3-4,6H,5H2. The van der Waals surface area contributed by atoms with Crippen LogP contribution in [-0.4, -0.2) is 15.0 Å². The maximum Gasteiger partial charge on any atom is 0.265 e. The summed E-state index contributed by atoms with van der Waals surface area (Å²) in [6.45, 7) is -0.0406. The van der Waals surface area contributed by atoms with E-state index in [1.807, 2.05) is 0 Å². The van der Waals surface area contributed by atoms with Gasteiger partial charge in [0, 0.05) is 15.7 Å². The summed E-state index contributed by atoms with van der Waals surface area (Å²) in [7, 11) is 1.30. The number of benzene rings is 1. The van der Waals surface area contributed by atoms with Crippen molar-refractivity contribution in [3.63, 3.8) is 0 Å². The van der Waals surface area contributed by atoms with Crippen LogP contribution < -0.4 is 4.74 Å². The van der Waals surface area contributed by atoms with Crippen LogP contribution in [0.15, 0.2) is 23.1 Å². The molecule has 0 aromatic heterocycles. The number of rotatable bonds is 3. The van der Waals surface area contributed by atoms with E-state index in [9.17, 15) is 8.42 Å². The van der Waals surface area contributed by atoms with E-state index in [-0.39, 0.29) is 22.3 Å². The van der Waals surface area contributed by atoms with Gasteiger partial charge in [-0.3, -0.25) is 0 Å². The van der Waals surface area contributed by atoms with Crippen molar-refractivity contribution >= 4 is 31.3 Å². The van der Waals surface area contributed by atoms with E-state index >= 15 is 0 Å². The highest BCUT2D eigenvalue weighted by molar-refractivity contribution is 8.13. The average molecular weight is 265 g/mol. The fourth-order valence-electron chi connectivity index (χ4n) is 0.911. The van der Waals surface area contributed by atoms with Gasteiger partial charge in [0.25, 0.3) is 9.05 Å². The minimum Gasteiger partial charge on any atom is -0.480 e. The Hall–Kier alpha value is -0.890. The highest BCUT2D eigenvalue weighted by Crippen LogP contribution is 2.29. The van der Waals surface area contributed by atoms with E-state index in [1.54, 1.807) is 0 Å². The molecule has 0 amide bonds. The Morgan fingerprint density at radius 1 is 1.47 bits per heavy atom. The molecular weight excluding hydrogens is 259 g/mol. The minimum absolute atomic E-state index is 0.0406. The second kappa shape index (κ2) is 4.75. The van der Waals surface area contributed by atoms with Gasteiger partial charge in [0.15, 0.2) is 0 Å². The summed E-state index contributed by atoms with van der Waals surface area (Å²) in [5.74, 6) is 2.31. The third-order valence-corrected chi connectivity index (χ3v) is 3.06. The smallest absolute Gasteiger partial charge is 0.265 e. The molecule has 0 unspecified atom stereocenters. The number of ether oxygens (including phenoxy) is 1. The summed E-state index contributed by atoms with van der Waals surface area (Å²) < 4.78 is 27.3. The molecule has 80 valence electrons. The van der Waals surface area contributed by atoms with Crippen LogP contribution in [0.1, 0.15) is 0 Å². The SMILES string of the molecule is C#CCOc1ccc(Cl)cc1S(=O)(=O)Cl. The molecule has 1 aromatic rings. The second-order valence-electron chi connectivity index (χ2n) is 2.52. The molecule has 0 aliphatic rings. The lowest BCUT2D eigenvalue weighted by atomic mass is 10.3. The maximum atomic E-state index is 11.1. The van der Waals surface area contributed by atoms with Crippen molar-refractivity contribution in [3.05, 3.63) is 23.2 Å². The predicted octanol–water partition coefficient (Wildman–Crippen LogP) is 2.28. The Morgan fingerprint density at radius 3 is 2.67 bits per heavy atom. The van der Waals surface area contributed by atoms with Crippen molar-refractivity contribution in [3.8, 4) is 18.1 Å². The molecule has 0 atom stereocenters. The average Bonchev–Trinajstić information content (AvgIpc) is 2.14. The molecule has 0 N–H and O–H groups in total. The van der Waals surface area contributed by atoms with Gasteiger partial charge in [-0.25, -0.2) is 8.42 Å². The lowest BCUT2D eigenvalue weighted by Crippen LogP contribution is -2.00. The van der Waals surface area contributed by atoms with Gasteiger partial charge in [-0.05, 0) is 18.2 Å². The zero-order valence-electron chi connectivity index (χ0n) is 7.41. The molecule has 6 heteroatoms. The Balaban J connectivity index is 3.22. The summed E-state index contributed by atoms with van der Waals surface area (Å²) in [5.41, 5.74) is 0. The molecule has 0 saturated carbocycles. The first-order valence-electron chi connectivity index (χ1n) is 3.75. The highest BCUT2D eigenvalue weighted by atomic mass is 35.7. The number of hydrogen-bond acceptors (Lipinski definition) is 3. The maximum absolute atomic E-state index is 11.1. The Morgan fingerprint density at radius 2 is 2.13 bits per heavy atom. The Labute approximate surface area is 97.4 Å². The normalized spacial score (nSPS) is 10.7. The van der Waals surface area contributed by atoms with Gasteiger partial charge in [0.2, 0.25) is 0 Å². The molecule has 0 bridgehead atoms. The fraction of sp³-hybridized carbons (Fsp3) is 0.111. The zero-order chi connectivity index (χ0) is 11.5. The molecule has 0 fully saturated rings. The summed E-state index contributed by atoms with van der Waals surface area (Å²) >= 11 is 5.64. The number of hydrogen-bond donors (Lipinski definition) is 0. The van der Waals surface area contributed by atoms with Gasteiger partial charge in [-0.15, -0.1) is 6.42 Å². The molecule has 0 aliphatic carbocycles. The third-order valence-electron chi connectivity index (χ3n) is 1.48. The molecule has 0 radical (unpaired) electrons. The van der Waals surface area contributed by atoms with E-state index in [1.165, 1.54) is 18.2 Å². The van der Waals surface area contributed by atoms with Crippen LogP contribution in [0.5, 0.6) is 5.75 Å². The highest BCUT2D eigenvalue weighted by Gasteiger charge is 2.17. The van der Waals surface area contributed by atoms with Crippen molar-refractivity contribution in [1.82, 2.24) is 0 Å². The first kappa shape index (κ1) is 12.2. The van der Waals surface area contributed by atoms with Crippen LogP contribution in [-0.2, 0) is 9.05 Å². The molecule has 0 heterocycles. The number of terminal acetylenes is 1. The van der Waals surface area contributed by atoms with E-state index < -0.39 is 9.05 Å². The van der Waals surface area contributed by atoms with Gasteiger partial charge in [0.1, 0.15) is 17.3 Å². The molecule has 0 aliphatic heterocycles. The lowest BCUT2D eigenvalue weighted by molar-refractivity contribution is 0.360. The summed E-state index contributed by atoms with van der Waals surface area (Å²) in [6, 6.07) is 4.09. The second-order valence-corrected chi connectivity index (χ2v) is 5.49. The lowest BCUT2D eigenvalue weighted by Gasteiger charge is -2.06. The quantitative estimate of drug-likeness (QED) is 0.622. The first-order valence-corrected chi connectivity index (χ1v) is 6.44. The monoisotopic (exact) mass is 264 g/mol. The first-order chi connectivity index (χ1) is 6.95. The van der Waals surface area contributed by atoms with Crippen LogP contribution in [0.25, 0.3) is 0 Å². The predicted molar refractivity (Wildman–Crippen MR) is 58.8 cm³/mol. The molecule has 0 spiro atoms. The van der Waals surface area contributed by atoms with Crippen LogP contribution in [0.2, 0.25) is 5.02 Å². The third kappa shape index (κ3) is 3.31. The van der Waals surface area contributed by atoms with Gasteiger partial charge in [-0.2, -0.15) is 0 Å². The molecule has 0 saturated heterocycles. The van der Waals surface area contributed by atoms with Crippen molar-refractivity contribution in [1.29, 1.82) is 0 Å². The van der Waals surface area contributed by atoms with E-state index in [2.05, 4.69) is 5.92 Å². The molecule has 3 nitrogen and oxygen atoms in total. The van der Waals surface area contributed by atoms with E-state index in [0.29, 0.717) is 0 Å². The molecule has 1 rings (SSSR count). The van der Waals surface area contributed by atoms with Gasteiger partial charge in [-0.1, -0.05) is 17.5 Å². The Kier molecular flexibility index (Phi) is 3.86. The molecule has 1 aromatic carbocycles. The summed E-state index contributed by atoms with van der Waals surface area (Å²) in [4.78, 5) is -0.188. The topological polar surface area (TPSA) is 43.4 Å². The van der Waals surface area contributed by atoms with Crippen molar-refractivity contribution in [2.24, 2.45) is 0 Å². The van der Waals surface area contributed by atoms with Crippen LogP contribution >= 0.6 is 22.3 Å². The van der Waals surface area contributed by atoms with Gasteiger partial charge in [0.05, 0.1) is 0 Å². The van der Waals surface area contributed by atoms with E-state index in [0.717, 1.165) is 0 Å². The summed E-state index contributed by atoms with van der Waals surface area (Å²) in [5, 5.41) is 0.252. The van der Waals surface area contributed by atoms with Crippen LogP contribution in [0, 0.1) is 12.3 Å². The van der Waals surface area contributed by atoms with Gasteiger partial charge < -0.3 is 4.74 Å². The molecular formula is C9H6Cl2O3S. The molecule has 15 heavy (non-hydrogen) atoms. The zero-order valence-corrected chi connectivity index (χ0v) is 9.73.